The highest BCUT2D eigenvalue weighted by Crippen LogP contribution is 2.27. The van der Waals surface area contributed by atoms with Crippen molar-refractivity contribution in [2.75, 3.05) is 18.5 Å². The first kappa shape index (κ1) is 16.5. The number of hydrogen-bond acceptors (Lipinski definition) is 3. The maximum Gasteiger partial charge on any atom is 0.146 e. The van der Waals surface area contributed by atoms with Crippen LogP contribution in [0.5, 0.6) is 0 Å². The van der Waals surface area contributed by atoms with Crippen LogP contribution in [0.2, 0.25) is 0 Å². The fourth-order valence-corrected chi connectivity index (χ4v) is 3.78. The predicted molar refractivity (Wildman–Crippen MR) is 92.5 cm³/mol. The zero-order valence-electron chi connectivity index (χ0n) is 12.3. The van der Waals surface area contributed by atoms with Gasteiger partial charge in [-0.3, -0.25) is 0 Å². The van der Waals surface area contributed by atoms with Gasteiger partial charge in [0.15, 0.2) is 0 Å². The average Bonchev–Trinajstić information content (AvgIpc) is 2.84. The number of anilines is 1. The van der Waals surface area contributed by atoms with Gasteiger partial charge in [-0.15, -0.1) is 11.3 Å². The van der Waals surface area contributed by atoms with E-state index in [-0.39, 0.29) is 5.82 Å². The van der Waals surface area contributed by atoms with E-state index in [9.17, 15) is 4.39 Å². The summed E-state index contributed by atoms with van der Waals surface area (Å²) >= 11 is 5.14. The molecule has 0 fully saturated rings. The molecule has 2 nitrogen and oxygen atoms in total. The first-order valence-electron chi connectivity index (χ1n) is 7.04. The third-order valence-electron chi connectivity index (χ3n) is 3.21. The Bertz CT molecular complexity index is 585. The Morgan fingerprint density at radius 3 is 2.86 bits per heavy atom. The van der Waals surface area contributed by atoms with Crippen LogP contribution in [0.3, 0.4) is 0 Å². The minimum atomic E-state index is -0.163. The number of para-hydroxylation sites is 1. The average molecular weight is 371 g/mol. The maximum absolute atomic E-state index is 14.2. The quantitative estimate of drug-likeness (QED) is 0.705. The van der Waals surface area contributed by atoms with Gasteiger partial charge >= 0.3 is 0 Å². The summed E-state index contributed by atoms with van der Waals surface area (Å²) in [5.74, 6) is -0.163. The topological polar surface area (TPSA) is 15.3 Å². The molecule has 0 aliphatic heterocycles. The van der Waals surface area contributed by atoms with E-state index in [0.717, 1.165) is 23.0 Å². The monoisotopic (exact) mass is 370 g/mol. The SMILES string of the molecule is CCCNCc1cccc(F)c1N(C)Cc1cc(Br)cs1. The van der Waals surface area contributed by atoms with Gasteiger partial charge < -0.3 is 10.2 Å². The van der Waals surface area contributed by atoms with Gasteiger partial charge in [-0.2, -0.15) is 0 Å². The molecule has 5 heteroatoms. The van der Waals surface area contributed by atoms with Crippen molar-refractivity contribution in [1.82, 2.24) is 5.32 Å². The second kappa shape index (κ2) is 7.92. The van der Waals surface area contributed by atoms with Crippen LogP contribution in [-0.2, 0) is 13.1 Å². The molecule has 1 aromatic carbocycles. The zero-order chi connectivity index (χ0) is 15.2. The normalized spacial score (nSPS) is 10.9. The van der Waals surface area contributed by atoms with Gasteiger partial charge in [0.25, 0.3) is 0 Å². The van der Waals surface area contributed by atoms with E-state index in [1.807, 2.05) is 23.4 Å². The van der Waals surface area contributed by atoms with E-state index in [0.29, 0.717) is 18.8 Å². The molecule has 0 aliphatic rings. The van der Waals surface area contributed by atoms with Gasteiger partial charge in [0.05, 0.1) is 12.2 Å². The third-order valence-corrected chi connectivity index (χ3v) is 4.89. The summed E-state index contributed by atoms with van der Waals surface area (Å²) in [5, 5.41) is 5.39. The lowest BCUT2D eigenvalue weighted by molar-refractivity contribution is 0.613. The molecule has 1 aromatic heterocycles. The largest absolute Gasteiger partial charge is 0.367 e. The highest BCUT2D eigenvalue weighted by molar-refractivity contribution is 9.10. The Balaban J connectivity index is 2.16. The second-order valence-electron chi connectivity index (χ2n) is 5.01. The molecule has 0 unspecified atom stereocenters. The lowest BCUT2D eigenvalue weighted by atomic mass is 10.1. The van der Waals surface area contributed by atoms with Crippen molar-refractivity contribution in [1.29, 1.82) is 0 Å². The van der Waals surface area contributed by atoms with Crippen LogP contribution >= 0.6 is 27.3 Å². The minimum absolute atomic E-state index is 0.163. The number of rotatable bonds is 7. The number of thiophene rings is 1. The van der Waals surface area contributed by atoms with Crippen LogP contribution < -0.4 is 10.2 Å². The van der Waals surface area contributed by atoms with Crippen LogP contribution in [0.15, 0.2) is 34.1 Å². The molecule has 0 amide bonds. The maximum atomic E-state index is 14.2. The number of nitrogens with one attached hydrogen (secondary N) is 1. The van der Waals surface area contributed by atoms with Crippen LogP contribution in [0, 0.1) is 5.82 Å². The Kier molecular flexibility index (Phi) is 6.21. The summed E-state index contributed by atoms with van der Waals surface area (Å²) in [4.78, 5) is 3.19. The van der Waals surface area contributed by atoms with Gasteiger partial charge in [0, 0.05) is 28.3 Å². The Morgan fingerprint density at radius 2 is 2.19 bits per heavy atom. The summed E-state index contributed by atoms with van der Waals surface area (Å²) < 4.78 is 15.3. The van der Waals surface area contributed by atoms with Crippen molar-refractivity contribution >= 4 is 33.0 Å². The predicted octanol–water partition coefficient (Wildman–Crippen LogP) is 4.79. The van der Waals surface area contributed by atoms with Crippen LogP contribution in [0.4, 0.5) is 10.1 Å². The first-order chi connectivity index (χ1) is 10.1. The van der Waals surface area contributed by atoms with E-state index in [4.69, 9.17) is 0 Å². The molecule has 21 heavy (non-hydrogen) atoms. The molecular weight excluding hydrogens is 351 g/mol. The number of benzene rings is 1. The van der Waals surface area contributed by atoms with Gasteiger partial charge in [-0.05, 0) is 46.6 Å². The van der Waals surface area contributed by atoms with E-state index in [2.05, 4.69) is 34.2 Å². The molecule has 0 spiro atoms. The summed E-state index contributed by atoms with van der Waals surface area (Å²) in [6, 6.07) is 7.37. The molecule has 2 aromatic rings. The zero-order valence-corrected chi connectivity index (χ0v) is 14.7. The first-order valence-corrected chi connectivity index (χ1v) is 8.71. The molecule has 2 rings (SSSR count). The molecule has 0 bridgehead atoms. The van der Waals surface area contributed by atoms with Gasteiger partial charge in [0.2, 0.25) is 0 Å². The highest BCUT2D eigenvalue weighted by Gasteiger charge is 2.13. The third kappa shape index (κ3) is 4.53. The standard InChI is InChI=1S/C16H20BrFN2S/c1-3-7-19-9-12-5-4-6-15(18)16(12)20(2)10-14-8-13(17)11-21-14/h4-6,8,11,19H,3,7,9-10H2,1-2H3. The molecular formula is C16H20BrFN2S. The molecule has 1 N–H and O–H groups in total. The highest BCUT2D eigenvalue weighted by atomic mass is 79.9. The Morgan fingerprint density at radius 1 is 1.38 bits per heavy atom. The minimum Gasteiger partial charge on any atom is -0.367 e. The number of nitrogens with zero attached hydrogens (tertiary/aromatic N) is 1. The van der Waals surface area contributed by atoms with Crippen LogP contribution in [0.25, 0.3) is 0 Å². The fourth-order valence-electron chi connectivity index (χ4n) is 2.28. The van der Waals surface area contributed by atoms with Crippen molar-refractivity contribution in [3.8, 4) is 0 Å². The van der Waals surface area contributed by atoms with Crippen molar-refractivity contribution < 1.29 is 4.39 Å². The number of halogens is 2. The Labute approximate surface area is 138 Å². The Hall–Kier alpha value is -0.910. The smallest absolute Gasteiger partial charge is 0.146 e. The van der Waals surface area contributed by atoms with Crippen LogP contribution in [-0.4, -0.2) is 13.6 Å². The van der Waals surface area contributed by atoms with E-state index >= 15 is 0 Å². The second-order valence-corrected chi connectivity index (χ2v) is 6.92. The van der Waals surface area contributed by atoms with Crippen molar-refractivity contribution in [2.45, 2.75) is 26.4 Å². The molecule has 0 saturated carbocycles. The fraction of sp³-hybridized carbons (Fsp3) is 0.375. The molecule has 114 valence electrons. The van der Waals surface area contributed by atoms with Crippen molar-refractivity contribution in [2.24, 2.45) is 0 Å². The summed E-state index contributed by atoms with van der Waals surface area (Å²) in [6.07, 6.45) is 1.07. The lowest BCUT2D eigenvalue weighted by Gasteiger charge is -2.23. The molecule has 1 heterocycles. The van der Waals surface area contributed by atoms with Gasteiger partial charge in [-0.1, -0.05) is 19.1 Å². The van der Waals surface area contributed by atoms with Crippen molar-refractivity contribution in [3.63, 3.8) is 0 Å². The van der Waals surface area contributed by atoms with Crippen molar-refractivity contribution in [3.05, 3.63) is 50.4 Å². The van der Waals surface area contributed by atoms with E-state index in [1.165, 1.54) is 10.9 Å². The van der Waals surface area contributed by atoms with E-state index < -0.39 is 0 Å². The summed E-state index contributed by atoms with van der Waals surface area (Å²) in [5.41, 5.74) is 1.69. The number of hydrogen-bond donors (Lipinski definition) is 1. The van der Waals surface area contributed by atoms with E-state index in [1.54, 1.807) is 17.4 Å². The van der Waals surface area contributed by atoms with Gasteiger partial charge in [-0.25, -0.2) is 4.39 Å². The molecule has 0 atom stereocenters. The molecule has 0 saturated heterocycles. The molecule has 0 radical (unpaired) electrons. The summed E-state index contributed by atoms with van der Waals surface area (Å²) in [7, 11) is 1.94. The van der Waals surface area contributed by atoms with Crippen LogP contribution in [0.1, 0.15) is 23.8 Å². The summed E-state index contributed by atoms with van der Waals surface area (Å²) in [6.45, 7) is 4.47. The van der Waals surface area contributed by atoms with Gasteiger partial charge in [0.1, 0.15) is 5.82 Å². The molecule has 0 aliphatic carbocycles. The lowest BCUT2D eigenvalue weighted by Crippen LogP contribution is -2.22.